The van der Waals surface area contributed by atoms with Crippen molar-refractivity contribution < 1.29 is 18.3 Å². The highest BCUT2D eigenvalue weighted by atomic mass is 32.2. The Bertz CT molecular complexity index is 362. The molecule has 7 nitrogen and oxygen atoms in total. The van der Waals surface area contributed by atoms with Crippen LogP contribution < -0.4 is 5.14 Å². The maximum absolute atomic E-state index is 10.8. The molecule has 0 aromatic heterocycles. The Hall–Kier alpha value is -0.700. The van der Waals surface area contributed by atoms with E-state index in [1.807, 2.05) is 9.80 Å². The molecule has 17 heavy (non-hydrogen) atoms. The number of nitrogens with two attached hydrogens (primary N) is 1. The van der Waals surface area contributed by atoms with E-state index in [-0.39, 0.29) is 5.75 Å². The van der Waals surface area contributed by atoms with Gasteiger partial charge in [0.2, 0.25) is 10.0 Å². The van der Waals surface area contributed by atoms with Crippen LogP contribution >= 0.6 is 0 Å². The van der Waals surface area contributed by atoms with E-state index >= 15 is 0 Å². The highest BCUT2D eigenvalue weighted by Crippen LogP contribution is 2.06. The summed E-state index contributed by atoms with van der Waals surface area (Å²) < 4.78 is 21.6. The number of hydrogen-bond acceptors (Lipinski definition) is 5. The molecule has 1 saturated heterocycles. The summed E-state index contributed by atoms with van der Waals surface area (Å²) in [5, 5.41) is 13.8. The van der Waals surface area contributed by atoms with Gasteiger partial charge in [-0.3, -0.25) is 14.6 Å². The molecule has 1 unspecified atom stereocenters. The normalized spacial score (nSPS) is 21.3. The smallest absolute Gasteiger partial charge is 0.320 e. The van der Waals surface area contributed by atoms with Crippen molar-refractivity contribution in [1.29, 1.82) is 0 Å². The maximum Gasteiger partial charge on any atom is 0.320 e. The Balaban J connectivity index is 2.33. The minimum absolute atomic E-state index is 0.0541. The largest absolute Gasteiger partial charge is 0.480 e. The van der Waals surface area contributed by atoms with Crippen molar-refractivity contribution in [1.82, 2.24) is 9.80 Å². The molecule has 1 fully saturated rings. The van der Waals surface area contributed by atoms with Crippen molar-refractivity contribution in [2.45, 2.75) is 13.0 Å². The van der Waals surface area contributed by atoms with E-state index in [0.29, 0.717) is 32.7 Å². The molecule has 1 atom stereocenters. The summed E-state index contributed by atoms with van der Waals surface area (Å²) in [7, 11) is -3.42. The average Bonchev–Trinajstić information content (AvgIpc) is 2.25. The fraction of sp³-hybridized carbons (Fsp3) is 0.889. The number of hydrogen-bond donors (Lipinski definition) is 2. The summed E-state index contributed by atoms with van der Waals surface area (Å²) in [6.07, 6.45) is 0. The van der Waals surface area contributed by atoms with Crippen LogP contribution in [0.1, 0.15) is 6.92 Å². The zero-order valence-corrected chi connectivity index (χ0v) is 10.7. The van der Waals surface area contributed by atoms with Crippen LogP contribution in [0.2, 0.25) is 0 Å². The molecule has 1 aliphatic rings. The lowest BCUT2D eigenvalue weighted by Gasteiger charge is -2.36. The molecule has 100 valence electrons. The first kappa shape index (κ1) is 14.4. The first-order valence-electron chi connectivity index (χ1n) is 5.49. The Morgan fingerprint density at radius 1 is 1.35 bits per heavy atom. The number of rotatable bonds is 5. The minimum Gasteiger partial charge on any atom is -0.480 e. The summed E-state index contributed by atoms with van der Waals surface area (Å²) in [5.74, 6) is -0.885. The summed E-state index contributed by atoms with van der Waals surface area (Å²) >= 11 is 0. The highest BCUT2D eigenvalue weighted by molar-refractivity contribution is 7.89. The van der Waals surface area contributed by atoms with Gasteiger partial charge in [-0.15, -0.1) is 0 Å². The second-order valence-electron chi connectivity index (χ2n) is 4.26. The predicted octanol–water partition coefficient (Wildman–Crippen LogP) is -1.63. The van der Waals surface area contributed by atoms with E-state index < -0.39 is 22.0 Å². The van der Waals surface area contributed by atoms with E-state index in [1.54, 1.807) is 6.92 Å². The van der Waals surface area contributed by atoms with Crippen LogP contribution in [0.15, 0.2) is 0 Å². The van der Waals surface area contributed by atoms with Gasteiger partial charge in [-0.05, 0) is 6.92 Å². The van der Waals surface area contributed by atoms with Gasteiger partial charge in [0.05, 0.1) is 5.75 Å². The van der Waals surface area contributed by atoms with Crippen LogP contribution in [0.3, 0.4) is 0 Å². The Kier molecular flexibility index (Phi) is 4.87. The second-order valence-corrected chi connectivity index (χ2v) is 5.99. The van der Waals surface area contributed by atoms with E-state index in [4.69, 9.17) is 10.2 Å². The zero-order chi connectivity index (χ0) is 13.1. The van der Waals surface area contributed by atoms with E-state index in [0.717, 1.165) is 0 Å². The number of primary sulfonamides is 1. The molecule has 1 rings (SSSR count). The highest BCUT2D eigenvalue weighted by Gasteiger charge is 2.25. The zero-order valence-electron chi connectivity index (χ0n) is 9.87. The number of piperazine rings is 1. The molecule has 0 bridgehead atoms. The average molecular weight is 265 g/mol. The summed E-state index contributed by atoms with van der Waals surface area (Å²) in [6, 6.07) is -0.490. The van der Waals surface area contributed by atoms with Gasteiger partial charge in [0.25, 0.3) is 0 Å². The molecule has 0 aromatic rings. The quantitative estimate of drug-likeness (QED) is 0.618. The van der Waals surface area contributed by atoms with Crippen molar-refractivity contribution >= 4 is 16.0 Å². The Labute approximate surface area is 101 Å². The fourth-order valence-corrected chi connectivity index (χ4v) is 2.30. The molecule has 8 heteroatoms. The molecule has 3 N–H and O–H groups in total. The van der Waals surface area contributed by atoms with Gasteiger partial charge in [-0.25, -0.2) is 13.6 Å². The number of carbonyl (C=O) groups is 1. The van der Waals surface area contributed by atoms with Gasteiger partial charge >= 0.3 is 5.97 Å². The second kappa shape index (κ2) is 5.76. The van der Waals surface area contributed by atoms with Crippen LogP contribution in [0.4, 0.5) is 0 Å². The molecule has 0 saturated carbocycles. The van der Waals surface area contributed by atoms with Crippen molar-refractivity contribution in [2.75, 3.05) is 38.5 Å². The molecular weight excluding hydrogens is 246 g/mol. The van der Waals surface area contributed by atoms with E-state index in [2.05, 4.69) is 0 Å². The van der Waals surface area contributed by atoms with Crippen LogP contribution in [-0.4, -0.2) is 73.8 Å². The van der Waals surface area contributed by atoms with Crippen molar-refractivity contribution in [3.63, 3.8) is 0 Å². The SMILES string of the molecule is CC(C(=O)O)N1CCN(CCS(N)(=O)=O)CC1. The number of carboxylic acid groups (broad SMARTS) is 1. The number of aliphatic carboxylic acids is 1. The first-order chi connectivity index (χ1) is 7.79. The third kappa shape index (κ3) is 4.99. The predicted molar refractivity (Wildman–Crippen MR) is 63.1 cm³/mol. The monoisotopic (exact) mass is 265 g/mol. The summed E-state index contributed by atoms with van der Waals surface area (Å²) in [5.41, 5.74) is 0. The molecule has 0 spiro atoms. The number of carboxylic acids is 1. The Morgan fingerprint density at radius 3 is 2.29 bits per heavy atom. The standard InChI is InChI=1S/C9H19N3O4S/c1-8(9(13)14)12-4-2-11(3-5-12)6-7-17(10,15)16/h8H,2-7H2,1H3,(H,13,14)(H2,10,15,16). The van der Waals surface area contributed by atoms with Crippen molar-refractivity contribution in [3.8, 4) is 0 Å². The first-order valence-corrected chi connectivity index (χ1v) is 7.21. The summed E-state index contributed by atoms with van der Waals surface area (Å²) in [4.78, 5) is 14.6. The number of nitrogens with zero attached hydrogens (tertiary/aromatic N) is 2. The van der Waals surface area contributed by atoms with Crippen molar-refractivity contribution in [3.05, 3.63) is 0 Å². The van der Waals surface area contributed by atoms with Crippen LogP contribution in [-0.2, 0) is 14.8 Å². The van der Waals surface area contributed by atoms with Gasteiger partial charge in [0, 0.05) is 32.7 Å². The van der Waals surface area contributed by atoms with E-state index in [9.17, 15) is 13.2 Å². The summed E-state index contributed by atoms with van der Waals surface area (Å²) in [6.45, 7) is 4.69. The van der Waals surface area contributed by atoms with Gasteiger partial charge in [-0.2, -0.15) is 0 Å². The van der Waals surface area contributed by atoms with Gasteiger partial charge in [0.15, 0.2) is 0 Å². The van der Waals surface area contributed by atoms with E-state index in [1.165, 1.54) is 0 Å². The lowest BCUT2D eigenvalue weighted by Crippen LogP contribution is -2.52. The van der Waals surface area contributed by atoms with Crippen molar-refractivity contribution in [2.24, 2.45) is 5.14 Å². The fourth-order valence-electron chi connectivity index (χ4n) is 1.79. The molecule has 0 amide bonds. The lowest BCUT2D eigenvalue weighted by molar-refractivity contribution is -0.143. The molecule has 0 aromatic carbocycles. The number of sulfonamides is 1. The molecular formula is C9H19N3O4S. The van der Waals surface area contributed by atoms with Gasteiger partial charge in [-0.1, -0.05) is 0 Å². The maximum atomic E-state index is 10.8. The van der Waals surface area contributed by atoms with Gasteiger partial charge < -0.3 is 5.11 Å². The molecule has 0 radical (unpaired) electrons. The Morgan fingerprint density at radius 2 is 1.88 bits per heavy atom. The van der Waals surface area contributed by atoms with Gasteiger partial charge in [0.1, 0.15) is 6.04 Å². The van der Waals surface area contributed by atoms with Crippen LogP contribution in [0.5, 0.6) is 0 Å². The third-order valence-electron chi connectivity index (χ3n) is 3.00. The minimum atomic E-state index is -3.42. The lowest BCUT2D eigenvalue weighted by atomic mass is 10.2. The topological polar surface area (TPSA) is 104 Å². The molecule has 1 aliphatic heterocycles. The van der Waals surface area contributed by atoms with Crippen LogP contribution in [0.25, 0.3) is 0 Å². The van der Waals surface area contributed by atoms with Crippen LogP contribution in [0, 0.1) is 0 Å². The molecule has 1 heterocycles. The third-order valence-corrected chi connectivity index (χ3v) is 3.76. The molecule has 0 aliphatic carbocycles.